The van der Waals surface area contributed by atoms with Crippen LogP contribution in [0.2, 0.25) is 0 Å². The summed E-state index contributed by atoms with van der Waals surface area (Å²) in [5, 5.41) is 3.49. The van der Waals surface area contributed by atoms with E-state index in [0.29, 0.717) is 5.84 Å². The van der Waals surface area contributed by atoms with Crippen molar-refractivity contribution in [3.63, 3.8) is 0 Å². The van der Waals surface area contributed by atoms with Gasteiger partial charge in [-0.25, -0.2) is 0 Å². The minimum atomic E-state index is 0.528. The van der Waals surface area contributed by atoms with Gasteiger partial charge < -0.3 is 10.6 Å². The smallest absolute Gasteiger partial charge is 0.149 e. The van der Waals surface area contributed by atoms with Crippen molar-refractivity contribution in [3.05, 3.63) is 0 Å². The number of hydrogen-bond donors (Lipinski definition) is 1. The summed E-state index contributed by atoms with van der Waals surface area (Å²) < 4.78 is 0. The number of hydrogen-bond acceptors (Lipinski definition) is 3. The van der Waals surface area contributed by atoms with Crippen LogP contribution < -0.4 is 5.73 Å². The Bertz CT molecular complexity index is 84.1. The molecule has 0 rings (SSSR count). The molecular formula is C4H10N2OS. The Balaban J connectivity index is 3.29. The number of amidine groups is 1. The molecule has 0 amide bonds. The quantitative estimate of drug-likeness (QED) is 0.342. The van der Waals surface area contributed by atoms with Crippen molar-refractivity contribution >= 4 is 17.6 Å². The van der Waals surface area contributed by atoms with E-state index >= 15 is 0 Å². The van der Waals surface area contributed by atoms with Crippen LogP contribution in [0.15, 0.2) is 5.16 Å². The molecule has 0 aliphatic carbocycles. The fourth-order valence-corrected chi connectivity index (χ4v) is 0.640. The molecule has 0 radical (unpaired) electrons. The molecule has 0 saturated heterocycles. The molecule has 4 heteroatoms. The average Bonchev–Trinajstić information content (AvgIpc) is 1.68. The van der Waals surface area contributed by atoms with Crippen LogP contribution in [0, 0.1) is 0 Å². The van der Waals surface area contributed by atoms with Crippen molar-refractivity contribution in [1.82, 2.24) is 0 Å². The highest BCUT2D eigenvalue weighted by Crippen LogP contribution is 1.88. The lowest BCUT2D eigenvalue weighted by Crippen LogP contribution is -2.14. The Labute approximate surface area is 53.3 Å². The highest BCUT2D eigenvalue weighted by molar-refractivity contribution is 7.99. The molecule has 0 aromatic rings. The summed E-state index contributed by atoms with van der Waals surface area (Å²) in [5.74, 6) is 1.26. The monoisotopic (exact) mass is 134 g/mol. The van der Waals surface area contributed by atoms with Crippen molar-refractivity contribution in [3.8, 4) is 0 Å². The molecule has 0 bridgehead atoms. The molecule has 0 atom stereocenters. The minimum absolute atomic E-state index is 0.528. The first kappa shape index (κ1) is 7.62. The summed E-state index contributed by atoms with van der Waals surface area (Å²) in [7, 11) is 1.48. The first-order chi connectivity index (χ1) is 3.81. The van der Waals surface area contributed by atoms with Crippen molar-refractivity contribution in [2.75, 3.05) is 19.1 Å². The molecule has 8 heavy (non-hydrogen) atoms. The molecule has 0 fully saturated rings. The van der Waals surface area contributed by atoms with Crippen LogP contribution in [0.3, 0.4) is 0 Å². The van der Waals surface area contributed by atoms with E-state index in [9.17, 15) is 0 Å². The molecule has 48 valence electrons. The summed E-state index contributed by atoms with van der Waals surface area (Å²) in [6, 6.07) is 0. The molecule has 0 heterocycles. The lowest BCUT2D eigenvalue weighted by molar-refractivity contribution is 0.213. The number of thioether (sulfide) groups is 1. The van der Waals surface area contributed by atoms with E-state index in [2.05, 4.69) is 9.99 Å². The normalized spacial score (nSPS) is 11.5. The Morgan fingerprint density at radius 1 is 1.88 bits per heavy atom. The number of oxime groups is 1. The largest absolute Gasteiger partial charge is 0.398 e. The third kappa shape index (κ3) is 3.80. The van der Waals surface area contributed by atoms with Crippen molar-refractivity contribution in [2.24, 2.45) is 10.9 Å². The molecule has 0 saturated carbocycles. The van der Waals surface area contributed by atoms with Crippen LogP contribution in [0.25, 0.3) is 0 Å². The average molecular weight is 134 g/mol. The van der Waals surface area contributed by atoms with Crippen LogP contribution in [0.5, 0.6) is 0 Å². The first-order valence-corrected chi connectivity index (χ1v) is 3.55. The van der Waals surface area contributed by atoms with Gasteiger partial charge in [0.05, 0.1) is 5.75 Å². The summed E-state index contributed by atoms with van der Waals surface area (Å²) in [6.07, 6.45) is 1.96. The SMILES string of the molecule is CON=C(N)CSC. The molecule has 0 aromatic heterocycles. The molecule has 0 spiro atoms. The van der Waals surface area contributed by atoms with Gasteiger partial charge >= 0.3 is 0 Å². The molecule has 0 aliphatic rings. The van der Waals surface area contributed by atoms with E-state index in [-0.39, 0.29) is 0 Å². The summed E-state index contributed by atoms with van der Waals surface area (Å²) in [5.41, 5.74) is 5.30. The summed E-state index contributed by atoms with van der Waals surface area (Å²) >= 11 is 1.61. The van der Waals surface area contributed by atoms with Crippen molar-refractivity contribution in [1.29, 1.82) is 0 Å². The van der Waals surface area contributed by atoms with Gasteiger partial charge in [0, 0.05) is 0 Å². The lowest BCUT2D eigenvalue weighted by Gasteiger charge is -1.92. The maximum Gasteiger partial charge on any atom is 0.149 e. The number of nitrogens with two attached hydrogens (primary N) is 1. The van der Waals surface area contributed by atoms with Crippen LogP contribution in [-0.2, 0) is 4.84 Å². The van der Waals surface area contributed by atoms with Crippen LogP contribution in [0.4, 0.5) is 0 Å². The fraction of sp³-hybridized carbons (Fsp3) is 0.750. The summed E-state index contributed by atoms with van der Waals surface area (Å²) in [6.45, 7) is 0. The zero-order valence-corrected chi connectivity index (χ0v) is 5.86. The first-order valence-electron chi connectivity index (χ1n) is 2.15. The van der Waals surface area contributed by atoms with Gasteiger partial charge in [0.25, 0.3) is 0 Å². The second-order valence-corrected chi connectivity index (χ2v) is 2.06. The number of rotatable bonds is 3. The zero-order chi connectivity index (χ0) is 6.41. The molecule has 0 aromatic carbocycles. The minimum Gasteiger partial charge on any atom is -0.398 e. The number of nitrogens with zero attached hydrogens (tertiary/aromatic N) is 1. The van der Waals surface area contributed by atoms with E-state index in [1.807, 2.05) is 6.26 Å². The van der Waals surface area contributed by atoms with Gasteiger partial charge in [0.1, 0.15) is 12.9 Å². The van der Waals surface area contributed by atoms with E-state index in [1.165, 1.54) is 7.11 Å². The zero-order valence-electron chi connectivity index (χ0n) is 5.05. The van der Waals surface area contributed by atoms with Crippen LogP contribution in [0.1, 0.15) is 0 Å². The third-order valence-corrected chi connectivity index (χ3v) is 1.09. The molecule has 2 N–H and O–H groups in total. The van der Waals surface area contributed by atoms with Gasteiger partial charge in [-0.1, -0.05) is 5.16 Å². The van der Waals surface area contributed by atoms with Gasteiger partial charge in [-0.2, -0.15) is 11.8 Å². The van der Waals surface area contributed by atoms with Crippen molar-refractivity contribution < 1.29 is 4.84 Å². The molecular weight excluding hydrogens is 124 g/mol. The Kier molecular flexibility index (Phi) is 4.54. The Morgan fingerprint density at radius 3 is 2.88 bits per heavy atom. The van der Waals surface area contributed by atoms with Gasteiger partial charge in [-0.05, 0) is 6.26 Å². The maximum absolute atomic E-state index is 5.30. The molecule has 0 unspecified atom stereocenters. The highest BCUT2D eigenvalue weighted by atomic mass is 32.2. The fourth-order valence-electron chi connectivity index (χ4n) is 0.291. The van der Waals surface area contributed by atoms with Gasteiger partial charge in [-0.15, -0.1) is 0 Å². The Hall–Kier alpha value is -0.380. The van der Waals surface area contributed by atoms with Crippen LogP contribution in [-0.4, -0.2) is 25.0 Å². The van der Waals surface area contributed by atoms with Gasteiger partial charge in [0.15, 0.2) is 0 Å². The topological polar surface area (TPSA) is 47.6 Å². The molecule has 0 aliphatic heterocycles. The Morgan fingerprint density at radius 2 is 2.50 bits per heavy atom. The standard InChI is InChI=1S/C4H10N2OS/c1-7-6-4(5)3-8-2/h3H2,1-2H3,(H2,5,6). The second kappa shape index (κ2) is 4.77. The van der Waals surface area contributed by atoms with E-state index in [1.54, 1.807) is 11.8 Å². The van der Waals surface area contributed by atoms with Gasteiger partial charge in [-0.3, -0.25) is 0 Å². The maximum atomic E-state index is 5.30. The van der Waals surface area contributed by atoms with E-state index in [0.717, 1.165) is 5.75 Å². The predicted octanol–water partition coefficient (Wildman–Crippen LogP) is 0.268. The van der Waals surface area contributed by atoms with E-state index < -0.39 is 0 Å². The predicted molar refractivity (Wildman–Crippen MR) is 37.0 cm³/mol. The lowest BCUT2D eigenvalue weighted by atomic mass is 10.7. The second-order valence-electron chi connectivity index (χ2n) is 1.20. The summed E-state index contributed by atoms with van der Waals surface area (Å²) in [4.78, 5) is 4.41. The van der Waals surface area contributed by atoms with E-state index in [4.69, 9.17) is 5.73 Å². The van der Waals surface area contributed by atoms with Crippen molar-refractivity contribution in [2.45, 2.75) is 0 Å². The molecule has 3 nitrogen and oxygen atoms in total. The third-order valence-electron chi connectivity index (χ3n) is 0.501. The highest BCUT2D eigenvalue weighted by Gasteiger charge is 1.86. The van der Waals surface area contributed by atoms with Gasteiger partial charge in [0.2, 0.25) is 0 Å². The van der Waals surface area contributed by atoms with Crippen LogP contribution >= 0.6 is 11.8 Å².